The molecule has 0 unspecified atom stereocenters. The predicted octanol–water partition coefficient (Wildman–Crippen LogP) is 5.26. The summed E-state index contributed by atoms with van der Waals surface area (Å²) in [4.78, 5) is 28.5. The highest BCUT2D eigenvalue weighted by Crippen LogP contribution is 2.19. The zero-order valence-electron chi connectivity index (χ0n) is 19.8. The third-order valence-corrected chi connectivity index (χ3v) is 5.87. The highest BCUT2D eigenvalue weighted by molar-refractivity contribution is 6.30. The third-order valence-electron chi connectivity index (χ3n) is 5.62. The number of halogens is 1. The second kappa shape index (κ2) is 12.2. The van der Waals surface area contributed by atoms with Gasteiger partial charge in [0.2, 0.25) is 11.8 Å². The van der Waals surface area contributed by atoms with Gasteiger partial charge in [0, 0.05) is 30.5 Å². The van der Waals surface area contributed by atoms with Crippen LogP contribution in [0.25, 0.3) is 0 Å². The molecule has 1 N–H and O–H groups in total. The number of carbonyl (C=O) groups is 2. The Hall–Kier alpha value is -3.31. The molecule has 0 spiro atoms. The normalized spacial score (nSPS) is 11.7. The molecule has 0 aliphatic carbocycles. The first-order valence-corrected chi connectivity index (χ1v) is 11.7. The molecule has 0 bridgehead atoms. The summed E-state index contributed by atoms with van der Waals surface area (Å²) < 4.78 is 5.25. The molecule has 0 fully saturated rings. The van der Waals surface area contributed by atoms with E-state index in [-0.39, 0.29) is 17.7 Å². The van der Waals surface area contributed by atoms with Crippen molar-refractivity contribution in [2.75, 3.05) is 7.11 Å². The van der Waals surface area contributed by atoms with E-state index >= 15 is 0 Å². The summed E-state index contributed by atoms with van der Waals surface area (Å²) >= 11 is 5.98. The van der Waals surface area contributed by atoms with Crippen LogP contribution in [0.5, 0.6) is 5.75 Å². The molecule has 1 atom stereocenters. The largest absolute Gasteiger partial charge is 0.497 e. The first-order valence-electron chi connectivity index (χ1n) is 11.4. The van der Waals surface area contributed by atoms with Crippen molar-refractivity contribution in [1.29, 1.82) is 0 Å². The summed E-state index contributed by atoms with van der Waals surface area (Å²) in [7, 11) is 1.62. The molecule has 0 aliphatic rings. The van der Waals surface area contributed by atoms with Crippen molar-refractivity contribution in [3.8, 4) is 5.75 Å². The van der Waals surface area contributed by atoms with Crippen molar-refractivity contribution in [3.05, 3.63) is 101 Å². The van der Waals surface area contributed by atoms with Crippen LogP contribution in [0.4, 0.5) is 0 Å². The summed E-state index contributed by atoms with van der Waals surface area (Å²) in [5.74, 6) is 0.229. The monoisotopic (exact) mass is 478 g/mol. The zero-order valence-corrected chi connectivity index (χ0v) is 20.6. The van der Waals surface area contributed by atoms with Crippen LogP contribution in [0.1, 0.15) is 30.5 Å². The van der Waals surface area contributed by atoms with Gasteiger partial charge < -0.3 is 15.0 Å². The summed E-state index contributed by atoms with van der Waals surface area (Å²) in [6.07, 6.45) is 0.419. The summed E-state index contributed by atoms with van der Waals surface area (Å²) in [6.45, 7) is 4.39. The van der Waals surface area contributed by atoms with Crippen LogP contribution >= 0.6 is 11.6 Å². The molecule has 3 aromatic carbocycles. The first kappa shape index (κ1) is 25.3. The number of hydrogen-bond donors (Lipinski definition) is 1. The Kier molecular flexibility index (Phi) is 9.11. The van der Waals surface area contributed by atoms with E-state index in [1.165, 1.54) is 0 Å². The van der Waals surface area contributed by atoms with Gasteiger partial charge in [0.25, 0.3) is 0 Å². The number of carbonyl (C=O) groups excluding carboxylic acids is 2. The lowest BCUT2D eigenvalue weighted by molar-refractivity contribution is -0.143. The van der Waals surface area contributed by atoms with E-state index in [9.17, 15) is 9.59 Å². The van der Waals surface area contributed by atoms with Gasteiger partial charge in [-0.25, -0.2) is 0 Å². The number of methoxy groups -OCH3 is 1. The van der Waals surface area contributed by atoms with Crippen LogP contribution in [0.3, 0.4) is 0 Å². The lowest BCUT2D eigenvalue weighted by Gasteiger charge is -2.33. The number of rotatable bonds is 10. The molecule has 3 rings (SSSR count). The van der Waals surface area contributed by atoms with Crippen molar-refractivity contribution < 1.29 is 14.3 Å². The molecule has 0 radical (unpaired) electrons. The van der Waals surface area contributed by atoms with E-state index in [1.807, 2.05) is 80.6 Å². The fourth-order valence-corrected chi connectivity index (χ4v) is 3.82. The van der Waals surface area contributed by atoms with Crippen LogP contribution in [-0.2, 0) is 29.1 Å². The maximum absolute atomic E-state index is 13.5. The molecule has 0 aliphatic heterocycles. The average Bonchev–Trinajstić information content (AvgIpc) is 2.86. The summed E-state index contributed by atoms with van der Waals surface area (Å²) in [5.41, 5.74) is 2.86. The molecule has 0 saturated carbocycles. The van der Waals surface area contributed by atoms with Crippen molar-refractivity contribution in [2.24, 2.45) is 5.92 Å². The van der Waals surface area contributed by atoms with Crippen molar-refractivity contribution >= 4 is 23.4 Å². The molecule has 178 valence electrons. The number of ether oxygens (including phenoxy) is 1. The number of benzene rings is 3. The Balaban J connectivity index is 1.88. The van der Waals surface area contributed by atoms with E-state index in [4.69, 9.17) is 16.3 Å². The Morgan fingerprint density at radius 2 is 1.50 bits per heavy atom. The van der Waals surface area contributed by atoms with Gasteiger partial charge in [-0.05, 0) is 41.0 Å². The quantitative estimate of drug-likeness (QED) is 0.432. The van der Waals surface area contributed by atoms with Gasteiger partial charge in [-0.1, -0.05) is 80.0 Å². The minimum Gasteiger partial charge on any atom is -0.497 e. The van der Waals surface area contributed by atoms with Gasteiger partial charge >= 0.3 is 0 Å². The van der Waals surface area contributed by atoms with Gasteiger partial charge in [0.1, 0.15) is 11.8 Å². The lowest BCUT2D eigenvalue weighted by atomic mass is 10.0. The van der Waals surface area contributed by atoms with Gasteiger partial charge in [-0.15, -0.1) is 0 Å². The molecular weight excluding hydrogens is 448 g/mol. The summed E-state index contributed by atoms with van der Waals surface area (Å²) in [5, 5.41) is 3.66. The van der Waals surface area contributed by atoms with Crippen LogP contribution in [0, 0.1) is 5.92 Å². The fourth-order valence-electron chi connectivity index (χ4n) is 3.69. The maximum atomic E-state index is 13.5. The topological polar surface area (TPSA) is 58.6 Å². The third kappa shape index (κ3) is 7.09. The predicted molar refractivity (Wildman–Crippen MR) is 136 cm³/mol. The fraction of sp³-hybridized carbons (Fsp3) is 0.286. The average molecular weight is 479 g/mol. The molecule has 0 heterocycles. The van der Waals surface area contributed by atoms with Crippen LogP contribution in [0.2, 0.25) is 5.02 Å². The Bertz CT molecular complexity index is 1070. The SMILES string of the molecule is COc1ccc(CN(C(=O)C(C)C)[C@H](Cc2ccccc2)C(=O)NCc2ccc(Cl)cc2)cc1. The van der Waals surface area contributed by atoms with Gasteiger partial charge in [0.05, 0.1) is 7.11 Å². The minimum atomic E-state index is -0.660. The molecule has 34 heavy (non-hydrogen) atoms. The molecule has 0 saturated heterocycles. The second-order valence-corrected chi connectivity index (χ2v) is 8.96. The first-order chi connectivity index (χ1) is 16.4. The van der Waals surface area contributed by atoms with Gasteiger partial charge in [-0.3, -0.25) is 9.59 Å². The molecule has 6 heteroatoms. The van der Waals surface area contributed by atoms with Gasteiger partial charge in [-0.2, -0.15) is 0 Å². The molecular formula is C28H31ClN2O3. The van der Waals surface area contributed by atoms with Crippen molar-refractivity contribution in [2.45, 2.75) is 39.4 Å². The van der Waals surface area contributed by atoms with Crippen LogP contribution in [0.15, 0.2) is 78.9 Å². The minimum absolute atomic E-state index is 0.0709. The Morgan fingerprint density at radius 3 is 2.09 bits per heavy atom. The van der Waals surface area contributed by atoms with Crippen molar-refractivity contribution in [3.63, 3.8) is 0 Å². The number of nitrogens with one attached hydrogen (secondary N) is 1. The van der Waals surface area contributed by atoms with Crippen molar-refractivity contribution in [1.82, 2.24) is 10.2 Å². The molecule has 2 amide bonds. The summed E-state index contributed by atoms with van der Waals surface area (Å²) in [6, 6.07) is 24.0. The number of hydrogen-bond acceptors (Lipinski definition) is 3. The Labute approximate surface area is 206 Å². The Morgan fingerprint density at radius 1 is 0.882 bits per heavy atom. The smallest absolute Gasteiger partial charge is 0.243 e. The molecule has 0 aromatic heterocycles. The standard InChI is InChI=1S/C28H31ClN2O3/c1-20(2)28(33)31(19-23-11-15-25(34-3)16-12-23)26(17-21-7-5-4-6-8-21)27(32)30-18-22-9-13-24(29)14-10-22/h4-16,20,26H,17-19H2,1-3H3,(H,30,32)/t26-/m1/s1. The van der Waals surface area contributed by atoms with E-state index in [0.29, 0.717) is 24.5 Å². The highest BCUT2D eigenvalue weighted by atomic mass is 35.5. The maximum Gasteiger partial charge on any atom is 0.243 e. The second-order valence-electron chi connectivity index (χ2n) is 8.52. The molecule has 3 aromatic rings. The number of amides is 2. The highest BCUT2D eigenvalue weighted by Gasteiger charge is 2.31. The van der Waals surface area contributed by atoms with E-state index in [1.54, 1.807) is 24.1 Å². The van der Waals surface area contributed by atoms with Crippen LogP contribution in [-0.4, -0.2) is 29.9 Å². The number of nitrogens with zero attached hydrogens (tertiary/aromatic N) is 1. The molecule has 5 nitrogen and oxygen atoms in total. The van der Waals surface area contributed by atoms with E-state index in [2.05, 4.69) is 5.32 Å². The zero-order chi connectivity index (χ0) is 24.5. The van der Waals surface area contributed by atoms with E-state index < -0.39 is 6.04 Å². The van der Waals surface area contributed by atoms with Gasteiger partial charge in [0.15, 0.2) is 0 Å². The van der Waals surface area contributed by atoms with E-state index in [0.717, 1.165) is 22.4 Å². The lowest BCUT2D eigenvalue weighted by Crippen LogP contribution is -2.51. The van der Waals surface area contributed by atoms with Crippen LogP contribution < -0.4 is 10.1 Å².